The molecule has 1 aromatic heterocycles. The molecule has 7 heteroatoms. The number of nitrogens with zero attached hydrogens (tertiary/aromatic N) is 2. The lowest BCUT2D eigenvalue weighted by atomic mass is 10.2. The summed E-state index contributed by atoms with van der Waals surface area (Å²) in [6.45, 7) is 8.88. The van der Waals surface area contributed by atoms with Crippen LogP contribution < -0.4 is 10.0 Å². The highest BCUT2D eigenvalue weighted by atomic mass is 32.2. The van der Waals surface area contributed by atoms with Crippen molar-refractivity contribution in [3.8, 4) is 0 Å². The summed E-state index contributed by atoms with van der Waals surface area (Å²) in [4.78, 5) is 3.95. The normalized spacial score (nSPS) is 12.2. The van der Waals surface area contributed by atoms with Crippen molar-refractivity contribution in [2.24, 2.45) is 5.92 Å². The van der Waals surface area contributed by atoms with E-state index in [1.807, 2.05) is 0 Å². The first-order valence-electron chi connectivity index (χ1n) is 6.68. The third-order valence-corrected chi connectivity index (χ3v) is 3.83. The average molecular weight is 288 g/mol. The van der Waals surface area contributed by atoms with E-state index in [9.17, 15) is 8.42 Å². The SMILES string of the molecule is CCCNCCNS(=O)(=O)c1cn(CC(C)C)cn1. The van der Waals surface area contributed by atoms with E-state index in [4.69, 9.17) is 0 Å². The number of sulfonamides is 1. The molecule has 2 N–H and O–H groups in total. The predicted molar refractivity (Wildman–Crippen MR) is 75.4 cm³/mol. The van der Waals surface area contributed by atoms with Gasteiger partial charge in [0.1, 0.15) is 0 Å². The standard InChI is InChI=1S/C12H24N4O2S/c1-4-5-13-6-7-15-19(17,18)12-9-16(10-14-12)8-11(2)3/h9-11,13,15H,4-8H2,1-3H3. The third-order valence-electron chi connectivity index (χ3n) is 2.48. The molecule has 0 aliphatic heterocycles. The molecule has 0 fully saturated rings. The smallest absolute Gasteiger partial charge is 0.259 e. The summed E-state index contributed by atoms with van der Waals surface area (Å²) in [5, 5.41) is 3.22. The first-order chi connectivity index (χ1) is 8.95. The van der Waals surface area contributed by atoms with Crippen molar-refractivity contribution in [3.63, 3.8) is 0 Å². The molecule has 1 heterocycles. The van der Waals surface area contributed by atoms with Gasteiger partial charge in [0.25, 0.3) is 10.0 Å². The summed E-state index contributed by atoms with van der Waals surface area (Å²) in [7, 11) is -3.48. The van der Waals surface area contributed by atoms with Crippen LogP contribution in [0.5, 0.6) is 0 Å². The first-order valence-corrected chi connectivity index (χ1v) is 8.16. The summed E-state index contributed by atoms with van der Waals surface area (Å²) in [5.41, 5.74) is 0. The number of imidazole rings is 1. The third kappa shape index (κ3) is 5.71. The highest BCUT2D eigenvalue weighted by Crippen LogP contribution is 2.06. The maximum atomic E-state index is 11.9. The van der Waals surface area contributed by atoms with E-state index in [0.29, 0.717) is 19.0 Å². The van der Waals surface area contributed by atoms with Crippen LogP contribution in [0.1, 0.15) is 27.2 Å². The molecule has 0 aliphatic rings. The lowest BCUT2D eigenvalue weighted by Crippen LogP contribution is -2.32. The van der Waals surface area contributed by atoms with Gasteiger partial charge in [-0.05, 0) is 18.9 Å². The zero-order valence-electron chi connectivity index (χ0n) is 11.9. The maximum absolute atomic E-state index is 11.9. The van der Waals surface area contributed by atoms with E-state index in [1.165, 1.54) is 0 Å². The Kier molecular flexibility index (Phi) is 6.47. The Balaban J connectivity index is 2.50. The van der Waals surface area contributed by atoms with Crippen molar-refractivity contribution in [1.29, 1.82) is 0 Å². The zero-order chi connectivity index (χ0) is 14.3. The van der Waals surface area contributed by atoms with Crippen molar-refractivity contribution in [3.05, 3.63) is 12.5 Å². The van der Waals surface area contributed by atoms with E-state index in [-0.39, 0.29) is 5.03 Å². The number of hydrogen-bond donors (Lipinski definition) is 2. The second kappa shape index (κ2) is 7.62. The van der Waals surface area contributed by atoms with Crippen molar-refractivity contribution in [2.75, 3.05) is 19.6 Å². The average Bonchev–Trinajstić information content (AvgIpc) is 2.77. The van der Waals surface area contributed by atoms with E-state index < -0.39 is 10.0 Å². The van der Waals surface area contributed by atoms with Crippen molar-refractivity contribution < 1.29 is 8.42 Å². The van der Waals surface area contributed by atoms with E-state index in [1.54, 1.807) is 17.1 Å². The molecule has 0 spiro atoms. The van der Waals surface area contributed by atoms with Gasteiger partial charge >= 0.3 is 0 Å². The monoisotopic (exact) mass is 288 g/mol. The summed E-state index contributed by atoms with van der Waals surface area (Å²) in [6.07, 6.45) is 4.16. The van der Waals surface area contributed by atoms with Gasteiger partial charge in [-0.25, -0.2) is 18.1 Å². The van der Waals surface area contributed by atoms with Gasteiger partial charge in [-0.3, -0.25) is 0 Å². The van der Waals surface area contributed by atoms with Crippen LogP contribution in [0, 0.1) is 5.92 Å². The fraction of sp³-hybridized carbons (Fsp3) is 0.750. The number of hydrogen-bond acceptors (Lipinski definition) is 4. The molecule has 110 valence electrons. The molecule has 0 aromatic carbocycles. The van der Waals surface area contributed by atoms with Gasteiger partial charge < -0.3 is 9.88 Å². The van der Waals surface area contributed by atoms with Gasteiger partial charge in [-0.2, -0.15) is 0 Å². The number of rotatable bonds is 9. The number of aromatic nitrogens is 2. The minimum absolute atomic E-state index is 0.0867. The van der Waals surface area contributed by atoms with Crippen LogP contribution in [0.3, 0.4) is 0 Å². The molecule has 0 saturated carbocycles. The highest BCUT2D eigenvalue weighted by molar-refractivity contribution is 7.89. The minimum atomic E-state index is -3.48. The summed E-state index contributed by atoms with van der Waals surface area (Å²) in [6, 6.07) is 0. The van der Waals surface area contributed by atoms with Crippen LogP contribution >= 0.6 is 0 Å². The van der Waals surface area contributed by atoms with Gasteiger partial charge in [-0.15, -0.1) is 0 Å². The van der Waals surface area contributed by atoms with Gasteiger partial charge in [0.15, 0.2) is 5.03 Å². The predicted octanol–water partition coefficient (Wildman–Crippen LogP) is 0.817. The molecule has 1 aromatic rings. The Hall–Kier alpha value is -0.920. The largest absolute Gasteiger partial charge is 0.336 e. The fourth-order valence-corrected chi connectivity index (χ4v) is 2.63. The lowest BCUT2D eigenvalue weighted by molar-refractivity contribution is 0.521. The van der Waals surface area contributed by atoms with Crippen LogP contribution in [0.2, 0.25) is 0 Å². The Bertz CT molecular complexity index is 468. The Morgan fingerprint density at radius 1 is 1.32 bits per heavy atom. The molecular formula is C12H24N4O2S. The molecule has 1 rings (SSSR count). The van der Waals surface area contributed by atoms with Crippen LogP contribution in [0.15, 0.2) is 17.6 Å². The molecule has 0 amide bonds. The van der Waals surface area contributed by atoms with Crippen LogP contribution in [0.25, 0.3) is 0 Å². The molecule has 0 bridgehead atoms. The van der Waals surface area contributed by atoms with Crippen molar-refractivity contribution in [1.82, 2.24) is 19.6 Å². The minimum Gasteiger partial charge on any atom is -0.336 e. The van der Waals surface area contributed by atoms with E-state index >= 15 is 0 Å². The molecule has 0 aliphatic carbocycles. The fourth-order valence-electron chi connectivity index (χ4n) is 1.65. The molecule has 0 unspecified atom stereocenters. The van der Waals surface area contributed by atoms with E-state index in [2.05, 4.69) is 35.8 Å². The Morgan fingerprint density at radius 2 is 2.05 bits per heavy atom. The summed E-state index contributed by atoms with van der Waals surface area (Å²) >= 11 is 0. The molecule has 19 heavy (non-hydrogen) atoms. The quantitative estimate of drug-likeness (QED) is 0.660. The molecule has 0 radical (unpaired) electrons. The Labute approximate surface area is 115 Å². The van der Waals surface area contributed by atoms with Crippen molar-refractivity contribution in [2.45, 2.75) is 38.8 Å². The van der Waals surface area contributed by atoms with Gasteiger partial charge in [0.05, 0.1) is 6.33 Å². The van der Waals surface area contributed by atoms with E-state index in [0.717, 1.165) is 19.5 Å². The summed E-state index contributed by atoms with van der Waals surface area (Å²) in [5.74, 6) is 0.455. The second-order valence-electron chi connectivity index (χ2n) is 4.95. The molecule has 6 nitrogen and oxygen atoms in total. The molecular weight excluding hydrogens is 264 g/mol. The second-order valence-corrected chi connectivity index (χ2v) is 6.66. The van der Waals surface area contributed by atoms with Crippen LogP contribution in [0.4, 0.5) is 0 Å². The number of nitrogens with one attached hydrogen (secondary N) is 2. The maximum Gasteiger partial charge on any atom is 0.259 e. The summed E-state index contributed by atoms with van der Waals surface area (Å²) < 4.78 is 28.2. The topological polar surface area (TPSA) is 76.0 Å². The van der Waals surface area contributed by atoms with Crippen molar-refractivity contribution >= 4 is 10.0 Å². The van der Waals surface area contributed by atoms with Crippen LogP contribution in [-0.2, 0) is 16.6 Å². The Morgan fingerprint density at radius 3 is 2.68 bits per heavy atom. The van der Waals surface area contributed by atoms with Crippen LogP contribution in [-0.4, -0.2) is 37.6 Å². The highest BCUT2D eigenvalue weighted by Gasteiger charge is 2.16. The lowest BCUT2D eigenvalue weighted by Gasteiger charge is -2.06. The van der Waals surface area contributed by atoms with Gasteiger partial charge in [0.2, 0.25) is 0 Å². The van der Waals surface area contributed by atoms with Gasteiger partial charge in [-0.1, -0.05) is 20.8 Å². The van der Waals surface area contributed by atoms with Gasteiger partial charge in [0, 0.05) is 25.8 Å². The first kappa shape index (κ1) is 16.1. The molecule has 0 atom stereocenters. The zero-order valence-corrected chi connectivity index (χ0v) is 12.7. The molecule has 0 saturated heterocycles.